The minimum Gasteiger partial charge on any atom is -0.417 e. The summed E-state index contributed by atoms with van der Waals surface area (Å²) < 4.78 is 4.43. The normalized spacial score (nSPS) is 6.67. The molecule has 0 aliphatic rings. The number of methoxy groups -OCH3 is 1. The minimum atomic E-state index is 0. The standard InChI is InChI=1S/C3H8N.C3H7O.Ti/c1-2-3-4;1-3-4-2;/h1-4H2;1,3H2,2H3;/q2*-1;+2. The molecule has 0 rings (SSSR count). The van der Waals surface area contributed by atoms with E-state index < -0.39 is 0 Å². The van der Waals surface area contributed by atoms with E-state index in [2.05, 4.69) is 18.6 Å². The first-order valence-corrected chi connectivity index (χ1v) is 2.61. The summed E-state index contributed by atoms with van der Waals surface area (Å²) in [6.45, 7) is 8.14. The second-order valence-electron chi connectivity index (χ2n) is 1.14. The molecule has 0 atom stereocenters. The van der Waals surface area contributed by atoms with Crippen molar-refractivity contribution < 1.29 is 26.5 Å². The van der Waals surface area contributed by atoms with Crippen molar-refractivity contribution in [2.24, 2.45) is 5.73 Å². The number of ether oxygens (including phenoxy) is 1. The van der Waals surface area contributed by atoms with Crippen LogP contribution in [0.15, 0.2) is 0 Å². The van der Waals surface area contributed by atoms with Gasteiger partial charge in [0.1, 0.15) is 0 Å². The fourth-order valence-corrected chi connectivity index (χ4v) is 0. The topological polar surface area (TPSA) is 35.2 Å². The maximum absolute atomic E-state index is 4.97. The molecular weight excluding hydrogens is 150 g/mol. The van der Waals surface area contributed by atoms with Gasteiger partial charge < -0.3 is 24.3 Å². The minimum absolute atomic E-state index is 0. The molecule has 0 saturated carbocycles. The van der Waals surface area contributed by atoms with Gasteiger partial charge in [0.2, 0.25) is 0 Å². The molecule has 0 heterocycles. The average molecular weight is 165 g/mol. The van der Waals surface area contributed by atoms with Gasteiger partial charge in [-0.1, -0.05) is 6.61 Å². The molecule has 0 bridgehead atoms. The molecule has 0 aliphatic carbocycles. The van der Waals surface area contributed by atoms with E-state index in [1.807, 2.05) is 0 Å². The molecule has 0 aromatic rings. The molecule has 0 fully saturated rings. The Labute approximate surface area is 73.0 Å². The van der Waals surface area contributed by atoms with E-state index in [1.54, 1.807) is 7.11 Å². The molecule has 0 aliphatic heterocycles. The second kappa shape index (κ2) is 23.4. The summed E-state index contributed by atoms with van der Waals surface area (Å²) in [5.41, 5.74) is 4.97. The van der Waals surface area contributed by atoms with Crippen LogP contribution in [0.2, 0.25) is 0 Å². The van der Waals surface area contributed by atoms with Gasteiger partial charge in [0.15, 0.2) is 0 Å². The van der Waals surface area contributed by atoms with Crippen molar-refractivity contribution in [2.75, 3.05) is 20.3 Å². The van der Waals surface area contributed by atoms with Crippen LogP contribution in [0.25, 0.3) is 0 Å². The van der Waals surface area contributed by atoms with E-state index in [9.17, 15) is 0 Å². The summed E-state index contributed by atoms with van der Waals surface area (Å²) in [4.78, 5) is 0. The smallest absolute Gasteiger partial charge is 0.417 e. The monoisotopic (exact) mass is 165 g/mol. The summed E-state index contributed by atoms with van der Waals surface area (Å²) in [6, 6.07) is 0. The molecule has 2 N–H and O–H groups in total. The van der Waals surface area contributed by atoms with E-state index in [0.29, 0.717) is 13.2 Å². The van der Waals surface area contributed by atoms with Gasteiger partial charge >= 0.3 is 21.7 Å². The molecular formula is C6H15NOTi. The fraction of sp³-hybridized carbons (Fsp3) is 0.667. The van der Waals surface area contributed by atoms with E-state index in [1.165, 1.54) is 0 Å². The van der Waals surface area contributed by atoms with E-state index in [-0.39, 0.29) is 21.7 Å². The largest absolute Gasteiger partial charge is 2.00 e. The summed E-state index contributed by atoms with van der Waals surface area (Å²) in [6.07, 6.45) is 0.847. The maximum atomic E-state index is 4.97. The van der Waals surface area contributed by atoms with Crippen LogP contribution in [0.3, 0.4) is 0 Å². The van der Waals surface area contributed by atoms with E-state index in [0.717, 1.165) is 6.42 Å². The van der Waals surface area contributed by atoms with Crippen molar-refractivity contribution in [3.63, 3.8) is 0 Å². The quantitative estimate of drug-likeness (QED) is 0.481. The first kappa shape index (κ1) is 16.3. The van der Waals surface area contributed by atoms with Crippen molar-refractivity contribution in [3.05, 3.63) is 13.8 Å². The van der Waals surface area contributed by atoms with Crippen molar-refractivity contribution in [2.45, 2.75) is 6.42 Å². The summed E-state index contributed by atoms with van der Waals surface area (Å²) >= 11 is 0. The average Bonchev–Trinajstić information content (AvgIpc) is 1.88. The first-order valence-electron chi connectivity index (χ1n) is 2.61. The van der Waals surface area contributed by atoms with Gasteiger partial charge in [-0.05, 0) is 6.54 Å². The van der Waals surface area contributed by atoms with Gasteiger partial charge in [-0.3, -0.25) is 0 Å². The van der Waals surface area contributed by atoms with Gasteiger partial charge in [-0.15, -0.1) is 0 Å². The van der Waals surface area contributed by atoms with Crippen LogP contribution in [0.1, 0.15) is 6.42 Å². The van der Waals surface area contributed by atoms with Crippen LogP contribution in [-0.2, 0) is 26.5 Å². The van der Waals surface area contributed by atoms with Crippen LogP contribution in [-0.4, -0.2) is 20.3 Å². The molecule has 54 valence electrons. The Morgan fingerprint density at radius 2 is 1.67 bits per heavy atom. The zero-order valence-electron chi connectivity index (χ0n) is 6.02. The van der Waals surface area contributed by atoms with Crippen molar-refractivity contribution in [3.8, 4) is 0 Å². The third-order valence-electron chi connectivity index (χ3n) is 0.408. The predicted molar refractivity (Wildman–Crippen MR) is 36.3 cm³/mol. The maximum Gasteiger partial charge on any atom is 2.00 e. The zero-order valence-corrected chi connectivity index (χ0v) is 7.58. The number of hydrogen-bond acceptors (Lipinski definition) is 2. The van der Waals surface area contributed by atoms with Crippen molar-refractivity contribution in [1.82, 2.24) is 0 Å². The first-order chi connectivity index (χ1) is 3.83. The Bertz CT molecular complexity index is 21.0. The van der Waals surface area contributed by atoms with E-state index >= 15 is 0 Å². The molecule has 0 amide bonds. The zero-order chi connectivity index (χ0) is 6.83. The SMILES string of the molecule is [CH2-]CCN.[CH2-]COC.[Ti+2]. The van der Waals surface area contributed by atoms with Crippen LogP contribution in [0.5, 0.6) is 0 Å². The molecule has 9 heavy (non-hydrogen) atoms. The molecule has 3 heteroatoms. The number of rotatable bonds is 2. The van der Waals surface area contributed by atoms with Gasteiger partial charge in [-0.2, -0.15) is 6.42 Å². The third kappa shape index (κ3) is 54.8. The Balaban J connectivity index is -0.0000000720. The Kier molecular flexibility index (Phi) is 42.5. The van der Waals surface area contributed by atoms with E-state index in [4.69, 9.17) is 5.73 Å². The number of hydrogen-bond donors (Lipinski definition) is 1. The Morgan fingerprint density at radius 1 is 1.44 bits per heavy atom. The molecule has 0 unspecified atom stereocenters. The summed E-state index contributed by atoms with van der Waals surface area (Å²) in [7, 11) is 1.62. The van der Waals surface area contributed by atoms with Crippen LogP contribution in [0, 0.1) is 13.8 Å². The molecule has 0 aromatic carbocycles. The van der Waals surface area contributed by atoms with Crippen molar-refractivity contribution >= 4 is 0 Å². The third-order valence-corrected chi connectivity index (χ3v) is 0.408. The molecule has 0 radical (unpaired) electrons. The van der Waals surface area contributed by atoms with Gasteiger partial charge in [0.25, 0.3) is 0 Å². The van der Waals surface area contributed by atoms with Gasteiger partial charge in [0.05, 0.1) is 0 Å². The molecule has 2 nitrogen and oxygen atoms in total. The van der Waals surface area contributed by atoms with Gasteiger partial charge in [0, 0.05) is 7.11 Å². The van der Waals surface area contributed by atoms with Crippen LogP contribution >= 0.6 is 0 Å². The molecule has 0 spiro atoms. The fourth-order valence-electron chi connectivity index (χ4n) is 0. The second-order valence-corrected chi connectivity index (χ2v) is 1.14. The van der Waals surface area contributed by atoms with Crippen LogP contribution in [0.4, 0.5) is 0 Å². The number of nitrogens with two attached hydrogens (primary N) is 1. The van der Waals surface area contributed by atoms with Gasteiger partial charge in [-0.25, -0.2) is 0 Å². The van der Waals surface area contributed by atoms with Crippen LogP contribution < -0.4 is 5.73 Å². The predicted octanol–water partition coefficient (Wildman–Crippen LogP) is 0.634. The Hall–Kier alpha value is 0.634. The summed E-state index contributed by atoms with van der Waals surface area (Å²) in [5, 5.41) is 0. The Morgan fingerprint density at radius 3 is 1.67 bits per heavy atom. The summed E-state index contributed by atoms with van der Waals surface area (Å²) in [5.74, 6) is 0. The molecule has 0 saturated heterocycles. The molecule has 0 aromatic heterocycles. The van der Waals surface area contributed by atoms with Crippen molar-refractivity contribution in [1.29, 1.82) is 0 Å².